The number of nitrogens with one attached hydrogen (secondary N) is 1. The Hall–Kier alpha value is -0.0500. The summed E-state index contributed by atoms with van der Waals surface area (Å²) in [5, 5.41) is 4.47. The number of rotatable bonds is 4. The third kappa shape index (κ3) is 3.97. The lowest BCUT2D eigenvalue weighted by Gasteiger charge is -2.28. The molecule has 1 nitrogen and oxygen atoms in total. The van der Waals surface area contributed by atoms with E-state index >= 15 is 0 Å². The van der Waals surface area contributed by atoms with Crippen LogP contribution in [-0.4, -0.2) is 6.04 Å². The first-order valence-electron chi connectivity index (χ1n) is 6.84. The number of hydrogen-bond donors (Lipinski definition) is 1. The molecule has 1 aromatic carbocycles. The van der Waals surface area contributed by atoms with E-state index in [-0.39, 0.29) is 0 Å². The minimum atomic E-state index is 0.588. The van der Waals surface area contributed by atoms with Gasteiger partial charge >= 0.3 is 0 Å². The standard InChI is InChI=1S/C15H21BrClN/c1-11(12-5-3-2-4-6-12)18-10-13-7-8-14(16)9-15(13)17/h7-9,11-12,18H,2-6,10H2,1H3. The van der Waals surface area contributed by atoms with Gasteiger partial charge in [-0.1, -0.05) is 52.9 Å². The van der Waals surface area contributed by atoms with Crippen molar-refractivity contribution < 1.29 is 0 Å². The SMILES string of the molecule is CC(NCc1ccc(Br)cc1Cl)C1CCCCC1. The van der Waals surface area contributed by atoms with Crippen LogP contribution in [0.3, 0.4) is 0 Å². The van der Waals surface area contributed by atoms with Crippen LogP contribution < -0.4 is 5.32 Å². The van der Waals surface area contributed by atoms with E-state index in [4.69, 9.17) is 11.6 Å². The third-order valence-electron chi connectivity index (χ3n) is 3.99. The third-order valence-corrected chi connectivity index (χ3v) is 4.83. The second-order valence-corrected chi connectivity index (χ2v) is 6.63. The summed E-state index contributed by atoms with van der Waals surface area (Å²) in [6.07, 6.45) is 6.97. The molecule has 1 aliphatic rings. The van der Waals surface area contributed by atoms with Gasteiger partial charge in [-0.2, -0.15) is 0 Å². The van der Waals surface area contributed by atoms with E-state index in [9.17, 15) is 0 Å². The highest BCUT2D eigenvalue weighted by atomic mass is 79.9. The predicted molar refractivity (Wildman–Crippen MR) is 82.0 cm³/mol. The van der Waals surface area contributed by atoms with Gasteiger partial charge in [0.2, 0.25) is 0 Å². The summed E-state index contributed by atoms with van der Waals surface area (Å²) in [6, 6.07) is 6.69. The summed E-state index contributed by atoms with van der Waals surface area (Å²) < 4.78 is 1.04. The van der Waals surface area contributed by atoms with Gasteiger partial charge in [-0.3, -0.25) is 0 Å². The van der Waals surface area contributed by atoms with Gasteiger partial charge in [0.15, 0.2) is 0 Å². The molecule has 2 rings (SSSR count). The molecule has 18 heavy (non-hydrogen) atoms. The van der Waals surface area contributed by atoms with Crippen LogP contribution in [-0.2, 0) is 6.54 Å². The lowest BCUT2D eigenvalue weighted by molar-refractivity contribution is 0.280. The van der Waals surface area contributed by atoms with Crippen molar-refractivity contribution in [3.05, 3.63) is 33.3 Å². The smallest absolute Gasteiger partial charge is 0.0462 e. The zero-order valence-electron chi connectivity index (χ0n) is 10.9. The topological polar surface area (TPSA) is 12.0 Å². The fourth-order valence-corrected chi connectivity index (χ4v) is 3.48. The average molecular weight is 331 g/mol. The molecule has 100 valence electrons. The normalized spacial score (nSPS) is 18.8. The molecule has 0 aromatic heterocycles. The highest BCUT2D eigenvalue weighted by molar-refractivity contribution is 9.10. The van der Waals surface area contributed by atoms with Crippen molar-refractivity contribution in [2.75, 3.05) is 0 Å². The summed E-state index contributed by atoms with van der Waals surface area (Å²) >= 11 is 9.66. The fourth-order valence-electron chi connectivity index (χ4n) is 2.74. The number of hydrogen-bond acceptors (Lipinski definition) is 1. The highest BCUT2D eigenvalue weighted by Crippen LogP contribution is 2.27. The summed E-state index contributed by atoms with van der Waals surface area (Å²) in [5.41, 5.74) is 1.18. The Labute approximate surface area is 123 Å². The van der Waals surface area contributed by atoms with Gasteiger partial charge in [-0.15, -0.1) is 0 Å². The van der Waals surface area contributed by atoms with E-state index < -0.39 is 0 Å². The van der Waals surface area contributed by atoms with E-state index in [0.717, 1.165) is 22.0 Å². The maximum Gasteiger partial charge on any atom is 0.0462 e. The molecule has 0 amide bonds. The van der Waals surface area contributed by atoms with Gasteiger partial charge in [0, 0.05) is 22.1 Å². The average Bonchev–Trinajstić information content (AvgIpc) is 2.38. The molecule has 1 N–H and O–H groups in total. The molecule has 0 bridgehead atoms. The van der Waals surface area contributed by atoms with E-state index in [1.807, 2.05) is 12.1 Å². The maximum atomic E-state index is 6.23. The minimum Gasteiger partial charge on any atom is -0.310 e. The molecule has 1 saturated carbocycles. The zero-order valence-corrected chi connectivity index (χ0v) is 13.2. The summed E-state index contributed by atoms with van der Waals surface area (Å²) in [5.74, 6) is 0.841. The van der Waals surface area contributed by atoms with Crippen molar-refractivity contribution >= 4 is 27.5 Å². The van der Waals surface area contributed by atoms with Crippen LogP contribution in [0.2, 0.25) is 5.02 Å². The molecule has 0 heterocycles. The lowest BCUT2D eigenvalue weighted by Crippen LogP contribution is -2.34. The molecular formula is C15H21BrClN. The van der Waals surface area contributed by atoms with Crippen LogP contribution >= 0.6 is 27.5 Å². The monoisotopic (exact) mass is 329 g/mol. The summed E-state index contributed by atoms with van der Waals surface area (Å²) in [7, 11) is 0. The van der Waals surface area contributed by atoms with Crippen LogP contribution in [0, 0.1) is 5.92 Å². The molecule has 1 unspecified atom stereocenters. The molecule has 0 saturated heterocycles. The van der Waals surface area contributed by atoms with Crippen LogP contribution in [0.15, 0.2) is 22.7 Å². The molecule has 1 aromatic rings. The van der Waals surface area contributed by atoms with Crippen molar-refractivity contribution in [3.63, 3.8) is 0 Å². The second kappa shape index (κ2) is 6.93. The van der Waals surface area contributed by atoms with E-state index in [2.05, 4.69) is 34.2 Å². The Morgan fingerprint density at radius 2 is 2.06 bits per heavy atom. The Morgan fingerprint density at radius 1 is 1.33 bits per heavy atom. The molecule has 1 atom stereocenters. The van der Waals surface area contributed by atoms with Gasteiger partial charge in [-0.25, -0.2) is 0 Å². The van der Waals surface area contributed by atoms with Crippen LogP contribution in [0.25, 0.3) is 0 Å². The first kappa shape index (κ1) is 14.4. The Balaban J connectivity index is 1.86. The summed E-state index contributed by atoms with van der Waals surface area (Å²) in [6.45, 7) is 3.17. The Kier molecular flexibility index (Phi) is 5.53. The van der Waals surface area contributed by atoms with E-state index in [0.29, 0.717) is 6.04 Å². The van der Waals surface area contributed by atoms with Crippen molar-refractivity contribution in [2.45, 2.75) is 51.6 Å². The highest BCUT2D eigenvalue weighted by Gasteiger charge is 2.19. The van der Waals surface area contributed by atoms with Gasteiger partial charge in [0.25, 0.3) is 0 Å². The van der Waals surface area contributed by atoms with E-state index in [1.165, 1.54) is 37.7 Å². The Bertz CT molecular complexity index is 388. The molecule has 1 fully saturated rings. The molecular weight excluding hydrogens is 310 g/mol. The maximum absolute atomic E-state index is 6.23. The molecule has 0 aliphatic heterocycles. The van der Waals surface area contributed by atoms with Gasteiger partial charge in [0.1, 0.15) is 0 Å². The van der Waals surface area contributed by atoms with Crippen molar-refractivity contribution in [2.24, 2.45) is 5.92 Å². The van der Waals surface area contributed by atoms with Gasteiger partial charge in [0.05, 0.1) is 0 Å². The largest absolute Gasteiger partial charge is 0.310 e. The predicted octanol–water partition coefficient (Wildman–Crippen LogP) is 5.16. The second-order valence-electron chi connectivity index (χ2n) is 5.30. The first-order valence-corrected chi connectivity index (χ1v) is 8.01. The number of benzene rings is 1. The first-order chi connectivity index (χ1) is 8.66. The van der Waals surface area contributed by atoms with Crippen molar-refractivity contribution in [1.82, 2.24) is 5.32 Å². The molecule has 0 spiro atoms. The van der Waals surface area contributed by atoms with Crippen LogP contribution in [0.5, 0.6) is 0 Å². The fraction of sp³-hybridized carbons (Fsp3) is 0.600. The van der Waals surface area contributed by atoms with Crippen LogP contribution in [0.1, 0.15) is 44.6 Å². The van der Waals surface area contributed by atoms with Gasteiger partial charge < -0.3 is 5.32 Å². The molecule has 3 heteroatoms. The Morgan fingerprint density at radius 3 is 2.72 bits per heavy atom. The lowest BCUT2D eigenvalue weighted by atomic mass is 9.84. The minimum absolute atomic E-state index is 0.588. The van der Waals surface area contributed by atoms with Crippen LogP contribution in [0.4, 0.5) is 0 Å². The zero-order chi connectivity index (χ0) is 13.0. The number of halogens is 2. The summed E-state index contributed by atoms with van der Waals surface area (Å²) in [4.78, 5) is 0. The molecule has 1 aliphatic carbocycles. The molecule has 0 radical (unpaired) electrons. The van der Waals surface area contributed by atoms with Crippen molar-refractivity contribution in [3.8, 4) is 0 Å². The van der Waals surface area contributed by atoms with E-state index in [1.54, 1.807) is 0 Å². The van der Waals surface area contributed by atoms with Gasteiger partial charge in [-0.05, 0) is 43.4 Å². The van der Waals surface area contributed by atoms with Crippen molar-refractivity contribution in [1.29, 1.82) is 0 Å². The quantitative estimate of drug-likeness (QED) is 0.804.